The van der Waals surface area contributed by atoms with Crippen molar-refractivity contribution < 1.29 is 17.7 Å². The van der Waals surface area contributed by atoms with Gasteiger partial charge in [0.05, 0.1) is 30.0 Å². The Balaban J connectivity index is 1.78. The Bertz CT molecular complexity index is 1130. The van der Waals surface area contributed by atoms with Gasteiger partial charge in [-0.3, -0.25) is 15.4 Å². The second kappa shape index (κ2) is 10.7. The molecule has 0 saturated carbocycles. The van der Waals surface area contributed by atoms with Crippen LogP contribution >= 0.6 is 30.3 Å². The van der Waals surface area contributed by atoms with Gasteiger partial charge in [-0.1, -0.05) is 12.1 Å². The zero-order valence-electron chi connectivity index (χ0n) is 18.4. The van der Waals surface area contributed by atoms with Crippen LogP contribution in [0.1, 0.15) is 0 Å². The number of benzene rings is 2. The van der Waals surface area contributed by atoms with Crippen LogP contribution < -0.4 is 36.0 Å². The number of para-hydroxylation sites is 1. The summed E-state index contributed by atoms with van der Waals surface area (Å²) >= 11 is 12.0. The Kier molecular flexibility index (Phi) is 8.42. The quantitative estimate of drug-likeness (QED) is 0.245. The van der Waals surface area contributed by atoms with Gasteiger partial charge in [-0.15, -0.1) is 23.2 Å². The normalized spacial score (nSPS) is 21.3. The summed E-state index contributed by atoms with van der Waals surface area (Å²) < 4.78 is 44.1. The maximum absolute atomic E-state index is 12.7. The Morgan fingerprint density at radius 1 is 1.15 bits per heavy atom. The van der Waals surface area contributed by atoms with Gasteiger partial charge in [-0.2, -0.15) is 0 Å². The molecule has 1 saturated heterocycles. The van der Waals surface area contributed by atoms with Crippen LogP contribution in [0.4, 0.5) is 17.1 Å². The molecule has 0 spiro atoms. The lowest BCUT2D eigenvalue weighted by molar-refractivity contribution is 0.346. The van der Waals surface area contributed by atoms with Gasteiger partial charge in [-0.05, 0) is 43.7 Å². The molecule has 182 valence electrons. The number of alkyl halides is 2. The SMILES string of the molecule is COc1ccc(NS(=O)(=O)CCl)cc1NC1NCC(Cl)C(Nc2ccccc2P(C)(C)=O)N1. The maximum atomic E-state index is 12.7. The second-order valence-electron chi connectivity index (χ2n) is 7.90. The number of halogens is 2. The highest BCUT2D eigenvalue weighted by Gasteiger charge is 2.30. The van der Waals surface area contributed by atoms with Crippen LogP contribution in [0.2, 0.25) is 0 Å². The lowest BCUT2D eigenvalue weighted by atomic mass is 10.2. The molecule has 13 heteroatoms. The van der Waals surface area contributed by atoms with Crippen molar-refractivity contribution in [2.24, 2.45) is 0 Å². The molecule has 9 nitrogen and oxygen atoms in total. The van der Waals surface area contributed by atoms with E-state index in [-0.39, 0.29) is 11.5 Å². The third kappa shape index (κ3) is 6.91. The second-order valence-corrected chi connectivity index (χ2v) is 13.9. The van der Waals surface area contributed by atoms with Gasteiger partial charge < -0.3 is 19.9 Å². The highest BCUT2D eigenvalue weighted by atomic mass is 35.5. The first-order valence-electron chi connectivity index (χ1n) is 10.1. The van der Waals surface area contributed by atoms with E-state index in [0.29, 0.717) is 23.7 Å². The molecule has 0 radical (unpaired) electrons. The van der Waals surface area contributed by atoms with Crippen LogP contribution in [0.15, 0.2) is 42.5 Å². The van der Waals surface area contributed by atoms with Crippen molar-refractivity contribution >= 4 is 62.7 Å². The summed E-state index contributed by atoms with van der Waals surface area (Å²) in [5, 5.41) is 13.1. The van der Waals surface area contributed by atoms with Crippen molar-refractivity contribution in [1.82, 2.24) is 10.6 Å². The van der Waals surface area contributed by atoms with E-state index in [0.717, 1.165) is 11.0 Å². The first-order valence-corrected chi connectivity index (χ1v) is 15.3. The third-order valence-electron chi connectivity index (χ3n) is 4.94. The molecular weight excluding hydrogens is 508 g/mol. The van der Waals surface area contributed by atoms with Gasteiger partial charge >= 0.3 is 0 Å². The number of sulfonamides is 1. The molecule has 1 heterocycles. The number of hydrogen-bond acceptors (Lipinski definition) is 8. The van der Waals surface area contributed by atoms with Crippen molar-refractivity contribution in [1.29, 1.82) is 0 Å². The van der Waals surface area contributed by atoms with E-state index in [1.54, 1.807) is 31.5 Å². The molecule has 5 N–H and O–H groups in total. The van der Waals surface area contributed by atoms with Crippen LogP contribution in [0, 0.1) is 0 Å². The van der Waals surface area contributed by atoms with Crippen LogP contribution in [-0.4, -0.2) is 58.4 Å². The largest absolute Gasteiger partial charge is 0.495 e. The Morgan fingerprint density at radius 2 is 1.88 bits per heavy atom. The van der Waals surface area contributed by atoms with Gasteiger partial charge in [0.25, 0.3) is 0 Å². The van der Waals surface area contributed by atoms with Gasteiger partial charge in [0.1, 0.15) is 24.4 Å². The third-order valence-corrected chi connectivity index (χ3v) is 8.59. The van der Waals surface area contributed by atoms with Crippen LogP contribution in [-0.2, 0) is 14.6 Å². The molecule has 33 heavy (non-hydrogen) atoms. The molecule has 0 aromatic heterocycles. The molecule has 2 aromatic rings. The summed E-state index contributed by atoms with van der Waals surface area (Å²) in [6.45, 7) is 3.93. The lowest BCUT2D eigenvalue weighted by Gasteiger charge is -2.37. The summed E-state index contributed by atoms with van der Waals surface area (Å²) in [6.07, 6.45) is -0.768. The lowest BCUT2D eigenvalue weighted by Crippen LogP contribution is -2.64. The predicted octanol–water partition coefficient (Wildman–Crippen LogP) is 2.82. The van der Waals surface area contributed by atoms with E-state index in [4.69, 9.17) is 27.9 Å². The summed E-state index contributed by atoms with van der Waals surface area (Å²) in [7, 11) is -4.62. The van der Waals surface area contributed by atoms with Crippen molar-refractivity contribution in [3.63, 3.8) is 0 Å². The average Bonchev–Trinajstić information content (AvgIpc) is 2.76. The predicted molar refractivity (Wildman–Crippen MR) is 137 cm³/mol. The molecule has 3 unspecified atom stereocenters. The monoisotopic (exact) mass is 535 g/mol. The van der Waals surface area contributed by atoms with Crippen molar-refractivity contribution in [3.05, 3.63) is 42.5 Å². The van der Waals surface area contributed by atoms with E-state index < -0.39 is 28.7 Å². The molecular formula is C20H28Cl2N5O4PS. The van der Waals surface area contributed by atoms with Crippen molar-refractivity contribution in [2.75, 3.05) is 47.6 Å². The molecule has 1 fully saturated rings. The topological polar surface area (TPSA) is 121 Å². The highest BCUT2D eigenvalue weighted by Crippen LogP contribution is 2.38. The maximum Gasteiger partial charge on any atom is 0.246 e. The molecule has 3 atom stereocenters. The van der Waals surface area contributed by atoms with Gasteiger partial charge in [0, 0.05) is 17.5 Å². The Morgan fingerprint density at radius 3 is 2.55 bits per heavy atom. The fourth-order valence-corrected chi connectivity index (χ4v) is 5.49. The minimum absolute atomic E-state index is 0.298. The standard InChI is InChI=1S/C20H28Cl2N5O4PS/c1-31-17-9-8-13(27-33(29,30)12-21)10-16(17)25-20-23-11-14(22)19(26-20)24-15-6-4-5-7-18(15)32(2,3)28/h4-10,14,19-20,23-27H,11-12H2,1-3H3. The summed E-state index contributed by atoms with van der Waals surface area (Å²) in [6, 6.07) is 12.3. The van der Waals surface area contributed by atoms with Crippen LogP contribution in [0.25, 0.3) is 0 Å². The number of rotatable bonds is 9. The highest BCUT2D eigenvalue weighted by molar-refractivity contribution is 7.93. The number of methoxy groups -OCH3 is 1. The van der Waals surface area contributed by atoms with Gasteiger partial charge in [0.2, 0.25) is 10.0 Å². The van der Waals surface area contributed by atoms with E-state index in [2.05, 4.69) is 26.0 Å². The molecule has 0 bridgehead atoms. The zero-order chi connectivity index (χ0) is 24.2. The number of hydrogen-bond donors (Lipinski definition) is 5. The Hall–Kier alpha value is -1.68. The molecule has 1 aliphatic rings. The average molecular weight is 536 g/mol. The molecule has 0 amide bonds. The minimum Gasteiger partial charge on any atom is -0.495 e. The van der Waals surface area contributed by atoms with Gasteiger partial charge in [0.15, 0.2) is 0 Å². The fourth-order valence-electron chi connectivity index (χ4n) is 3.40. The van der Waals surface area contributed by atoms with E-state index in [9.17, 15) is 13.0 Å². The number of nitrogens with one attached hydrogen (secondary N) is 5. The smallest absolute Gasteiger partial charge is 0.246 e. The number of ether oxygens (including phenoxy) is 1. The van der Waals surface area contributed by atoms with Crippen LogP contribution in [0.3, 0.4) is 0 Å². The Labute approximate surface area is 204 Å². The van der Waals surface area contributed by atoms with Crippen molar-refractivity contribution in [3.8, 4) is 5.75 Å². The molecule has 2 aromatic carbocycles. The summed E-state index contributed by atoms with van der Waals surface area (Å²) in [4.78, 5) is 0. The molecule has 3 rings (SSSR count). The minimum atomic E-state index is -3.64. The van der Waals surface area contributed by atoms with Gasteiger partial charge in [-0.25, -0.2) is 8.42 Å². The molecule has 0 aliphatic carbocycles. The van der Waals surface area contributed by atoms with E-state index in [1.807, 2.05) is 24.3 Å². The first kappa shape index (κ1) is 25.9. The van der Waals surface area contributed by atoms with E-state index in [1.165, 1.54) is 7.11 Å². The van der Waals surface area contributed by atoms with Crippen molar-refractivity contribution in [2.45, 2.75) is 17.8 Å². The van der Waals surface area contributed by atoms with E-state index >= 15 is 0 Å². The summed E-state index contributed by atoms with van der Waals surface area (Å²) in [5.74, 6) is 0.521. The molecule has 1 aliphatic heterocycles. The zero-order valence-corrected chi connectivity index (χ0v) is 21.7. The van der Waals surface area contributed by atoms with Crippen LogP contribution in [0.5, 0.6) is 5.75 Å². The first-order chi connectivity index (χ1) is 15.5. The fraction of sp³-hybridized carbons (Fsp3) is 0.400. The number of anilines is 3. The summed E-state index contributed by atoms with van der Waals surface area (Å²) in [5.41, 5.74) is 1.65.